The van der Waals surface area contributed by atoms with E-state index in [1.807, 2.05) is 12.3 Å². The molecule has 0 bridgehead atoms. The van der Waals surface area contributed by atoms with Crippen LogP contribution in [0.15, 0.2) is 11.6 Å². The lowest BCUT2D eigenvalue weighted by Crippen LogP contribution is -2.39. The molecule has 0 saturated heterocycles. The fourth-order valence-corrected chi connectivity index (χ4v) is 1.50. The average Bonchev–Trinajstić information content (AvgIpc) is 2.55. The molecule has 0 spiro atoms. The molecular weight excluding hydrogens is 186 g/mol. The maximum absolute atomic E-state index is 11.2. The molecule has 0 radical (unpaired) electrons. The molecule has 72 valence electrons. The van der Waals surface area contributed by atoms with Gasteiger partial charge in [-0.3, -0.25) is 4.79 Å². The molecule has 0 aliphatic carbocycles. The van der Waals surface area contributed by atoms with Crippen molar-refractivity contribution in [2.24, 2.45) is 5.73 Å². The van der Waals surface area contributed by atoms with E-state index in [4.69, 9.17) is 5.73 Å². The zero-order valence-corrected chi connectivity index (χ0v) is 8.47. The lowest BCUT2D eigenvalue weighted by atomic mass is 10.3. The average molecular weight is 199 g/mol. The first kappa shape index (κ1) is 10.1. The Hall–Kier alpha value is -0.940. The monoisotopic (exact) mass is 199 g/mol. The highest BCUT2D eigenvalue weighted by atomic mass is 32.1. The number of hydrogen-bond donors (Lipinski definition) is 2. The molecule has 1 amide bonds. The molecule has 1 aromatic heterocycles. The Bertz CT molecular complexity index is 271. The number of nitrogens with two attached hydrogens (primary N) is 1. The summed E-state index contributed by atoms with van der Waals surface area (Å²) in [5, 5.41) is 5.54. The van der Waals surface area contributed by atoms with Crippen molar-refractivity contribution in [1.29, 1.82) is 0 Å². The van der Waals surface area contributed by atoms with E-state index in [1.165, 1.54) is 11.3 Å². The van der Waals surface area contributed by atoms with E-state index in [-0.39, 0.29) is 11.9 Å². The maximum Gasteiger partial charge on any atom is 0.237 e. The molecule has 4 nitrogen and oxygen atoms in total. The van der Waals surface area contributed by atoms with Gasteiger partial charge in [-0.05, 0) is 13.8 Å². The van der Waals surface area contributed by atoms with Gasteiger partial charge in [0.25, 0.3) is 0 Å². The first-order chi connectivity index (χ1) is 6.11. The molecule has 1 unspecified atom stereocenters. The number of nitrogens with one attached hydrogen (secondary N) is 1. The van der Waals surface area contributed by atoms with Crippen molar-refractivity contribution >= 4 is 17.2 Å². The quantitative estimate of drug-likeness (QED) is 0.751. The maximum atomic E-state index is 11.2. The van der Waals surface area contributed by atoms with E-state index in [1.54, 1.807) is 13.1 Å². The van der Waals surface area contributed by atoms with Crippen LogP contribution in [0.4, 0.5) is 0 Å². The van der Waals surface area contributed by atoms with E-state index in [9.17, 15) is 4.79 Å². The Labute approximate surface area is 81.2 Å². The van der Waals surface area contributed by atoms with Gasteiger partial charge in [0, 0.05) is 11.6 Å². The number of amides is 1. The van der Waals surface area contributed by atoms with Crippen molar-refractivity contribution in [2.75, 3.05) is 0 Å². The van der Waals surface area contributed by atoms with Crippen molar-refractivity contribution < 1.29 is 4.79 Å². The molecule has 1 heterocycles. The van der Waals surface area contributed by atoms with Gasteiger partial charge >= 0.3 is 0 Å². The van der Waals surface area contributed by atoms with Crippen molar-refractivity contribution in [3.05, 3.63) is 16.6 Å². The van der Waals surface area contributed by atoms with Gasteiger partial charge in [0.05, 0.1) is 12.1 Å². The molecule has 2 atom stereocenters. The third-order valence-electron chi connectivity index (χ3n) is 1.59. The number of nitrogens with zero attached hydrogens (tertiary/aromatic N) is 1. The Balaban J connectivity index is 2.51. The van der Waals surface area contributed by atoms with Gasteiger partial charge in [-0.2, -0.15) is 0 Å². The topological polar surface area (TPSA) is 68.0 Å². The predicted octanol–water partition coefficient (Wildman–Crippen LogP) is 0.667. The van der Waals surface area contributed by atoms with Crippen LogP contribution in [0.3, 0.4) is 0 Å². The van der Waals surface area contributed by atoms with Crippen LogP contribution in [-0.2, 0) is 4.79 Å². The third-order valence-corrected chi connectivity index (χ3v) is 2.55. The zero-order valence-electron chi connectivity index (χ0n) is 7.65. The molecule has 0 fully saturated rings. The van der Waals surface area contributed by atoms with E-state index >= 15 is 0 Å². The normalized spacial score (nSPS) is 15.0. The Kier molecular flexibility index (Phi) is 3.39. The minimum absolute atomic E-state index is 0.0569. The summed E-state index contributed by atoms with van der Waals surface area (Å²) in [6.07, 6.45) is 1.72. The van der Waals surface area contributed by atoms with Crippen LogP contribution >= 0.6 is 11.3 Å². The third kappa shape index (κ3) is 2.78. The summed E-state index contributed by atoms with van der Waals surface area (Å²) in [6.45, 7) is 3.54. The van der Waals surface area contributed by atoms with E-state index < -0.39 is 6.04 Å². The lowest BCUT2D eigenvalue weighted by Gasteiger charge is -2.12. The van der Waals surface area contributed by atoms with Crippen LogP contribution in [-0.4, -0.2) is 16.9 Å². The van der Waals surface area contributed by atoms with Crippen molar-refractivity contribution in [1.82, 2.24) is 10.3 Å². The van der Waals surface area contributed by atoms with Gasteiger partial charge in [0.2, 0.25) is 5.91 Å². The van der Waals surface area contributed by atoms with Gasteiger partial charge in [-0.15, -0.1) is 11.3 Å². The van der Waals surface area contributed by atoms with Crippen LogP contribution in [0.1, 0.15) is 24.9 Å². The highest BCUT2D eigenvalue weighted by molar-refractivity contribution is 7.09. The standard InChI is InChI=1S/C8H13N3OS/c1-5(9)7(12)11-6(2)8-10-3-4-13-8/h3-6H,9H2,1-2H3,(H,11,12)/t5-,6?/m0/s1. The second-order valence-electron chi connectivity index (χ2n) is 2.89. The number of carbonyl (C=O) groups is 1. The van der Waals surface area contributed by atoms with E-state index in [2.05, 4.69) is 10.3 Å². The molecule has 0 saturated carbocycles. The lowest BCUT2D eigenvalue weighted by molar-refractivity contribution is -0.122. The highest BCUT2D eigenvalue weighted by Crippen LogP contribution is 2.14. The van der Waals surface area contributed by atoms with Crippen LogP contribution in [0, 0.1) is 0 Å². The second-order valence-corrected chi connectivity index (χ2v) is 3.82. The largest absolute Gasteiger partial charge is 0.346 e. The fraction of sp³-hybridized carbons (Fsp3) is 0.500. The summed E-state index contributed by atoms with van der Waals surface area (Å²) in [6, 6.07) is -0.527. The molecule has 1 rings (SSSR count). The summed E-state index contributed by atoms with van der Waals surface area (Å²) in [4.78, 5) is 15.3. The minimum Gasteiger partial charge on any atom is -0.346 e. The molecule has 0 aromatic carbocycles. The van der Waals surface area contributed by atoms with Gasteiger partial charge in [0.15, 0.2) is 0 Å². The molecule has 3 N–H and O–H groups in total. The Morgan fingerprint density at radius 3 is 2.85 bits per heavy atom. The van der Waals surface area contributed by atoms with Crippen molar-refractivity contribution in [2.45, 2.75) is 25.9 Å². The van der Waals surface area contributed by atoms with Crippen molar-refractivity contribution in [3.63, 3.8) is 0 Å². The van der Waals surface area contributed by atoms with Crippen LogP contribution in [0.25, 0.3) is 0 Å². The van der Waals surface area contributed by atoms with Crippen molar-refractivity contribution in [3.8, 4) is 0 Å². The first-order valence-corrected chi connectivity index (χ1v) is 4.94. The van der Waals surface area contributed by atoms with Crippen LogP contribution in [0.2, 0.25) is 0 Å². The fourth-order valence-electron chi connectivity index (χ4n) is 0.855. The summed E-state index contributed by atoms with van der Waals surface area (Å²) in [7, 11) is 0. The highest BCUT2D eigenvalue weighted by Gasteiger charge is 2.13. The van der Waals surface area contributed by atoms with E-state index in [0.717, 1.165) is 5.01 Å². The summed E-state index contributed by atoms with van der Waals surface area (Å²) in [5.41, 5.74) is 5.41. The first-order valence-electron chi connectivity index (χ1n) is 4.06. The number of rotatable bonds is 3. The molecular formula is C8H13N3OS. The molecule has 0 aliphatic rings. The van der Waals surface area contributed by atoms with Gasteiger partial charge in [-0.1, -0.05) is 0 Å². The zero-order chi connectivity index (χ0) is 9.84. The molecule has 5 heteroatoms. The second kappa shape index (κ2) is 4.34. The summed E-state index contributed by atoms with van der Waals surface area (Å²) < 4.78 is 0. The smallest absolute Gasteiger partial charge is 0.237 e. The summed E-state index contributed by atoms with van der Waals surface area (Å²) >= 11 is 1.52. The Morgan fingerprint density at radius 2 is 2.38 bits per heavy atom. The molecule has 13 heavy (non-hydrogen) atoms. The predicted molar refractivity (Wildman–Crippen MR) is 52.3 cm³/mol. The van der Waals surface area contributed by atoms with E-state index in [0.29, 0.717) is 0 Å². The van der Waals surface area contributed by atoms with Gasteiger partial charge in [0.1, 0.15) is 5.01 Å². The minimum atomic E-state index is -0.470. The summed E-state index contributed by atoms with van der Waals surface area (Å²) in [5.74, 6) is -0.150. The van der Waals surface area contributed by atoms with Gasteiger partial charge < -0.3 is 11.1 Å². The number of thiazole rings is 1. The molecule has 0 aliphatic heterocycles. The number of hydrogen-bond acceptors (Lipinski definition) is 4. The number of carbonyl (C=O) groups excluding carboxylic acids is 1. The van der Waals surface area contributed by atoms with Crippen LogP contribution < -0.4 is 11.1 Å². The Morgan fingerprint density at radius 1 is 1.69 bits per heavy atom. The molecule has 1 aromatic rings. The SMILES string of the molecule is CC(NC(=O)[C@H](C)N)c1nccs1. The van der Waals surface area contributed by atoms with Gasteiger partial charge in [-0.25, -0.2) is 4.98 Å². The number of aromatic nitrogens is 1. The van der Waals surface area contributed by atoms with Crippen LogP contribution in [0.5, 0.6) is 0 Å².